The van der Waals surface area contributed by atoms with Crippen LogP contribution in [0.2, 0.25) is 0 Å². The molecule has 0 bridgehead atoms. The molecule has 0 aromatic rings. The molecule has 7 nitrogen and oxygen atoms in total. The highest BCUT2D eigenvalue weighted by molar-refractivity contribution is 5.80. The summed E-state index contributed by atoms with van der Waals surface area (Å²) in [7, 11) is 3.29. The maximum absolute atomic E-state index is 11.7. The van der Waals surface area contributed by atoms with Crippen molar-refractivity contribution < 1.29 is 14.3 Å². The van der Waals surface area contributed by atoms with E-state index in [9.17, 15) is 4.79 Å². The average molecular weight is 354 g/mol. The van der Waals surface area contributed by atoms with Gasteiger partial charge in [-0.25, -0.2) is 0 Å². The molecule has 2 heterocycles. The van der Waals surface area contributed by atoms with Crippen molar-refractivity contribution >= 4 is 11.9 Å². The molecule has 144 valence electrons. The van der Waals surface area contributed by atoms with Gasteiger partial charge in [0.15, 0.2) is 5.96 Å². The van der Waals surface area contributed by atoms with Crippen molar-refractivity contribution in [1.82, 2.24) is 15.1 Å². The van der Waals surface area contributed by atoms with Gasteiger partial charge in [-0.2, -0.15) is 0 Å². The van der Waals surface area contributed by atoms with Gasteiger partial charge in [-0.3, -0.25) is 14.7 Å². The summed E-state index contributed by atoms with van der Waals surface area (Å²) in [5.41, 5.74) is 0. The Balaban J connectivity index is 1.85. The molecule has 2 saturated heterocycles. The minimum atomic E-state index is -0.0882. The second-order valence-corrected chi connectivity index (χ2v) is 7.17. The molecular formula is C18H34N4O3. The van der Waals surface area contributed by atoms with Gasteiger partial charge < -0.3 is 19.7 Å². The van der Waals surface area contributed by atoms with Crippen LogP contribution >= 0.6 is 0 Å². The van der Waals surface area contributed by atoms with Crippen LogP contribution in [-0.4, -0.2) is 87.9 Å². The fourth-order valence-electron chi connectivity index (χ4n) is 3.72. The second kappa shape index (κ2) is 9.97. The number of carbonyl (C=O) groups is 1. The Labute approximate surface area is 151 Å². The Morgan fingerprint density at radius 3 is 2.40 bits per heavy atom. The number of nitrogens with zero attached hydrogens (tertiary/aromatic N) is 3. The average Bonchev–Trinajstić information content (AvgIpc) is 2.65. The van der Waals surface area contributed by atoms with Crippen LogP contribution in [0.1, 0.15) is 26.7 Å². The number of carbonyl (C=O) groups excluding carboxylic acids is 1. The maximum atomic E-state index is 11.7. The number of methoxy groups -OCH3 is 1. The lowest BCUT2D eigenvalue weighted by Crippen LogP contribution is -2.54. The lowest BCUT2D eigenvalue weighted by Gasteiger charge is -2.38. The fourth-order valence-corrected chi connectivity index (χ4v) is 3.72. The molecule has 1 unspecified atom stereocenters. The molecular weight excluding hydrogens is 320 g/mol. The number of hydrogen-bond donors (Lipinski definition) is 1. The molecule has 0 aromatic heterocycles. The van der Waals surface area contributed by atoms with Crippen LogP contribution in [-0.2, 0) is 14.3 Å². The summed E-state index contributed by atoms with van der Waals surface area (Å²) >= 11 is 0. The van der Waals surface area contributed by atoms with Gasteiger partial charge in [0.25, 0.3) is 0 Å². The molecule has 0 aromatic carbocycles. The molecule has 2 rings (SSSR count). The molecule has 0 aliphatic carbocycles. The number of morpholine rings is 1. The summed E-state index contributed by atoms with van der Waals surface area (Å²) in [5.74, 6) is 1.43. The molecule has 0 saturated carbocycles. The third-order valence-electron chi connectivity index (χ3n) is 5.29. The number of ether oxygens (including phenoxy) is 2. The van der Waals surface area contributed by atoms with E-state index in [4.69, 9.17) is 9.47 Å². The minimum Gasteiger partial charge on any atom is -0.469 e. The zero-order valence-electron chi connectivity index (χ0n) is 16.2. The summed E-state index contributed by atoms with van der Waals surface area (Å²) < 4.78 is 10.3. The topological polar surface area (TPSA) is 66.4 Å². The Bertz CT molecular complexity index is 442. The zero-order valence-corrected chi connectivity index (χ0v) is 16.2. The van der Waals surface area contributed by atoms with Crippen molar-refractivity contribution in [3.05, 3.63) is 0 Å². The zero-order chi connectivity index (χ0) is 18.2. The Kier molecular flexibility index (Phi) is 7.96. The number of rotatable bonds is 5. The van der Waals surface area contributed by atoms with Gasteiger partial charge in [-0.05, 0) is 18.8 Å². The normalized spacial score (nSPS) is 22.1. The van der Waals surface area contributed by atoms with E-state index in [0.29, 0.717) is 12.0 Å². The summed E-state index contributed by atoms with van der Waals surface area (Å²) in [6.07, 6.45) is 1.65. The van der Waals surface area contributed by atoms with Crippen LogP contribution in [0.5, 0.6) is 0 Å². The van der Waals surface area contributed by atoms with Crippen LogP contribution in [0.4, 0.5) is 0 Å². The first-order chi connectivity index (χ1) is 12.1. The van der Waals surface area contributed by atoms with Gasteiger partial charge in [0, 0.05) is 45.8 Å². The molecule has 2 fully saturated rings. The predicted molar refractivity (Wildman–Crippen MR) is 98.7 cm³/mol. The molecule has 2 aliphatic rings. The van der Waals surface area contributed by atoms with Gasteiger partial charge in [0.1, 0.15) is 0 Å². The highest BCUT2D eigenvalue weighted by Gasteiger charge is 2.28. The third-order valence-corrected chi connectivity index (χ3v) is 5.29. The summed E-state index contributed by atoms with van der Waals surface area (Å²) in [5, 5.41) is 3.55. The van der Waals surface area contributed by atoms with Crippen LogP contribution in [0.25, 0.3) is 0 Å². The van der Waals surface area contributed by atoms with E-state index in [1.807, 2.05) is 7.05 Å². The molecule has 1 atom stereocenters. The molecule has 7 heteroatoms. The quantitative estimate of drug-likeness (QED) is 0.448. The molecule has 1 N–H and O–H groups in total. The number of guanidine groups is 1. The first-order valence-corrected chi connectivity index (χ1v) is 9.42. The highest BCUT2D eigenvalue weighted by atomic mass is 16.5. The van der Waals surface area contributed by atoms with Crippen molar-refractivity contribution in [3.63, 3.8) is 0 Å². The number of likely N-dealkylation sites (tertiary alicyclic amines) is 1. The number of hydrogen-bond acceptors (Lipinski definition) is 5. The van der Waals surface area contributed by atoms with E-state index in [0.717, 1.165) is 64.7 Å². The largest absolute Gasteiger partial charge is 0.469 e. The van der Waals surface area contributed by atoms with Crippen LogP contribution in [0.15, 0.2) is 4.99 Å². The van der Waals surface area contributed by atoms with E-state index in [1.165, 1.54) is 7.11 Å². The van der Waals surface area contributed by atoms with Crippen molar-refractivity contribution in [2.75, 3.05) is 60.1 Å². The number of nitrogens with one attached hydrogen (secondary N) is 1. The maximum Gasteiger partial charge on any atom is 0.308 e. The van der Waals surface area contributed by atoms with Crippen LogP contribution in [0.3, 0.4) is 0 Å². The molecule has 0 radical (unpaired) electrons. The molecule has 2 aliphatic heterocycles. The monoisotopic (exact) mass is 354 g/mol. The lowest BCUT2D eigenvalue weighted by molar-refractivity contribution is -0.146. The Hall–Kier alpha value is -1.34. The van der Waals surface area contributed by atoms with E-state index in [2.05, 4.69) is 34.0 Å². The smallest absolute Gasteiger partial charge is 0.308 e. The van der Waals surface area contributed by atoms with Crippen LogP contribution < -0.4 is 5.32 Å². The first kappa shape index (κ1) is 20.0. The summed E-state index contributed by atoms with van der Waals surface area (Å²) in [6.45, 7) is 10.7. The molecule has 25 heavy (non-hydrogen) atoms. The van der Waals surface area contributed by atoms with E-state index < -0.39 is 0 Å². The predicted octanol–water partition coefficient (Wildman–Crippen LogP) is 0.804. The minimum absolute atomic E-state index is 0.0242. The molecule has 0 amide bonds. The Morgan fingerprint density at radius 2 is 1.88 bits per heavy atom. The van der Waals surface area contributed by atoms with Crippen molar-refractivity contribution in [2.24, 2.45) is 16.8 Å². The highest BCUT2D eigenvalue weighted by Crippen LogP contribution is 2.19. The first-order valence-electron chi connectivity index (χ1n) is 9.42. The number of esters is 1. The van der Waals surface area contributed by atoms with Crippen molar-refractivity contribution in [2.45, 2.75) is 32.7 Å². The Morgan fingerprint density at radius 1 is 1.24 bits per heavy atom. The van der Waals surface area contributed by atoms with Gasteiger partial charge in [-0.1, -0.05) is 13.8 Å². The fraction of sp³-hybridized carbons (Fsp3) is 0.889. The van der Waals surface area contributed by atoms with E-state index in [1.54, 1.807) is 0 Å². The summed E-state index contributed by atoms with van der Waals surface area (Å²) in [6, 6.07) is 0.466. The number of piperidine rings is 1. The van der Waals surface area contributed by atoms with E-state index >= 15 is 0 Å². The van der Waals surface area contributed by atoms with E-state index in [-0.39, 0.29) is 11.9 Å². The van der Waals surface area contributed by atoms with Crippen LogP contribution in [0, 0.1) is 11.8 Å². The third kappa shape index (κ3) is 5.57. The van der Waals surface area contributed by atoms with Crippen molar-refractivity contribution in [1.29, 1.82) is 0 Å². The van der Waals surface area contributed by atoms with Gasteiger partial charge in [-0.15, -0.1) is 0 Å². The summed E-state index contributed by atoms with van der Waals surface area (Å²) in [4.78, 5) is 20.9. The second-order valence-electron chi connectivity index (χ2n) is 7.17. The van der Waals surface area contributed by atoms with Crippen molar-refractivity contribution in [3.8, 4) is 0 Å². The van der Waals surface area contributed by atoms with Gasteiger partial charge >= 0.3 is 5.97 Å². The molecule has 0 spiro atoms. The number of aliphatic imine (C=N–C) groups is 1. The SMILES string of the molecule is CN=C(NCC(C(C)C)N1CCOCC1)N1CCC(C(=O)OC)CC1. The van der Waals surface area contributed by atoms with Gasteiger partial charge in [0.05, 0.1) is 26.2 Å². The lowest BCUT2D eigenvalue weighted by atomic mass is 9.97. The van der Waals surface area contributed by atoms with Gasteiger partial charge in [0.2, 0.25) is 0 Å². The standard InChI is InChI=1S/C18H34N4O3/c1-14(2)16(21-9-11-25-12-10-21)13-20-18(19-3)22-7-5-15(6-8-22)17(23)24-4/h14-16H,5-13H2,1-4H3,(H,19,20).